The van der Waals surface area contributed by atoms with Gasteiger partial charge < -0.3 is 15.3 Å². The Labute approximate surface area is 98.0 Å². The molecule has 1 rings (SSSR count). The number of nitrogens with one attached hydrogen (secondary N) is 1. The molecule has 16 heavy (non-hydrogen) atoms. The summed E-state index contributed by atoms with van der Waals surface area (Å²) in [7, 11) is 0. The lowest BCUT2D eigenvalue weighted by Crippen LogP contribution is -2.47. The van der Waals surface area contributed by atoms with Gasteiger partial charge in [0.1, 0.15) is 0 Å². The van der Waals surface area contributed by atoms with Crippen molar-refractivity contribution in [3.63, 3.8) is 0 Å². The number of hydrogen-bond donors (Lipinski definition) is 2. The van der Waals surface area contributed by atoms with E-state index in [0.717, 1.165) is 25.9 Å². The fourth-order valence-corrected chi connectivity index (χ4v) is 1.82. The Morgan fingerprint density at radius 1 is 1.38 bits per heavy atom. The monoisotopic (exact) mass is 228 g/mol. The summed E-state index contributed by atoms with van der Waals surface area (Å²) < 4.78 is 0. The maximum absolute atomic E-state index is 11.8. The van der Waals surface area contributed by atoms with Crippen molar-refractivity contribution in [2.45, 2.75) is 39.2 Å². The first-order valence-electron chi connectivity index (χ1n) is 6.06. The lowest BCUT2D eigenvalue weighted by molar-refractivity contribution is -0.132. The summed E-state index contributed by atoms with van der Waals surface area (Å²) >= 11 is 0. The van der Waals surface area contributed by atoms with Crippen molar-refractivity contribution < 1.29 is 9.90 Å². The van der Waals surface area contributed by atoms with Crippen molar-refractivity contribution in [2.75, 3.05) is 26.2 Å². The molecule has 0 radical (unpaired) electrons. The van der Waals surface area contributed by atoms with Crippen LogP contribution in [0.3, 0.4) is 0 Å². The van der Waals surface area contributed by atoms with Gasteiger partial charge in [0, 0.05) is 25.2 Å². The third-order valence-corrected chi connectivity index (χ3v) is 3.00. The van der Waals surface area contributed by atoms with E-state index in [0.29, 0.717) is 12.5 Å². The second-order valence-corrected chi connectivity index (χ2v) is 5.61. The van der Waals surface area contributed by atoms with Crippen LogP contribution in [0.1, 0.15) is 33.6 Å². The van der Waals surface area contributed by atoms with Gasteiger partial charge in [-0.2, -0.15) is 0 Å². The molecule has 0 aromatic heterocycles. The molecule has 2 N–H and O–H groups in total. The first-order chi connectivity index (χ1) is 7.42. The van der Waals surface area contributed by atoms with Gasteiger partial charge in [-0.1, -0.05) is 0 Å². The van der Waals surface area contributed by atoms with Crippen LogP contribution in [-0.4, -0.2) is 47.7 Å². The summed E-state index contributed by atoms with van der Waals surface area (Å²) in [5.74, 6) is 0.561. The van der Waals surface area contributed by atoms with E-state index in [1.54, 1.807) is 0 Å². The van der Waals surface area contributed by atoms with E-state index in [1.807, 2.05) is 4.90 Å². The summed E-state index contributed by atoms with van der Waals surface area (Å²) in [6.45, 7) is 8.40. The summed E-state index contributed by atoms with van der Waals surface area (Å²) in [6.07, 6.45) is 1.86. The van der Waals surface area contributed by atoms with Crippen LogP contribution in [-0.2, 0) is 4.79 Å². The number of amides is 1. The summed E-state index contributed by atoms with van der Waals surface area (Å²) in [6, 6.07) is 0. The van der Waals surface area contributed by atoms with E-state index in [9.17, 15) is 4.79 Å². The maximum atomic E-state index is 11.8. The molecular formula is C12H24N2O2. The number of aliphatic hydroxyl groups excluding tert-OH is 1. The standard InChI is InChI=1S/C12H24N2O2/c1-12(2,3)13-8-11(16)14-6-4-10(9-15)5-7-14/h10,13,15H,4-9H2,1-3H3. The summed E-state index contributed by atoms with van der Waals surface area (Å²) in [5, 5.41) is 12.2. The van der Waals surface area contributed by atoms with E-state index < -0.39 is 0 Å². The fraction of sp³-hybridized carbons (Fsp3) is 0.917. The zero-order valence-electron chi connectivity index (χ0n) is 10.6. The molecule has 4 nitrogen and oxygen atoms in total. The Hall–Kier alpha value is -0.610. The molecule has 0 aliphatic carbocycles. The minimum Gasteiger partial charge on any atom is -0.396 e. The second kappa shape index (κ2) is 5.64. The van der Waals surface area contributed by atoms with Gasteiger partial charge in [0.05, 0.1) is 6.54 Å². The average Bonchev–Trinajstić information content (AvgIpc) is 2.25. The van der Waals surface area contributed by atoms with Crippen LogP contribution >= 0.6 is 0 Å². The minimum absolute atomic E-state index is 0.0148. The van der Waals surface area contributed by atoms with Gasteiger partial charge in [0.25, 0.3) is 0 Å². The van der Waals surface area contributed by atoms with Crippen LogP contribution in [0.4, 0.5) is 0 Å². The highest BCUT2D eigenvalue weighted by Crippen LogP contribution is 2.16. The van der Waals surface area contributed by atoms with Crippen molar-refractivity contribution in [3.05, 3.63) is 0 Å². The van der Waals surface area contributed by atoms with Gasteiger partial charge >= 0.3 is 0 Å². The third-order valence-electron chi connectivity index (χ3n) is 3.00. The third kappa shape index (κ3) is 4.49. The van der Waals surface area contributed by atoms with E-state index in [4.69, 9.17) is 5.11 Å². The van der Waals surface area contributed by atoms with Crippen LogP contribution in [0.25, 0.3) is 0 Å². The van der Waals surface area contributed by atoms with Crippen molar-refractivity contribution in [3.8, 4) is 0 Å². The van der Waals surface area contributed by atoms with Crippen LogP contribution in [0.15, 0.2) is 0 Å². The highest BCUT2D eigenvalue weighted by atomic mass is 16.3. The SMILES string of the molecule is CC(C)(C)NCC(=O)N1CCC(CO)CC1. The molecule has 0 unspecified atom stereocenters. The molecule has 94 valence electrons. The number of hydrogen-bond acceptors (Lipinski definition) is 3. The molecule has 0 atom stereocenters. The Morgan fingerprint density at radius 2 is 1.94 bits per heavy atom. The Bertz CT molecular complexity index is 228. The number of aliphatic hydroxyl groups is 1. The first-order valence-corrected chi connectivity index (χ1v) is 6.06. The van der Waals surface area contributed by atoms with Gasteiger partial charge in [-0.25, -0.2) is 0 Å². The number of nitrogens with zero attached hydrogens (tertiary/aromatic N) is 1. The highest BCUT2D eigenvalue weighted by Gasteiger charge is 2.22. The van der Waals surface area contributed by atoms with Crippen molar-refractivity contribution in [1.82, 2.24) is 10.2 Å². The average molecular weight is 228 g/mol. The van der Waals surface area contributed by atoms with Gasteiger partial charge in [-0.3, -0.25) is 4.79 Å². The Balaban J connectivity index is 2.28. The lowest BCUT2D eigenvalue weighted by atomic mass is 9.98. The molecule has 1 fully saturated rings. The predicted octanol–water partition coefficient (Wildman–Crippen LogP) is 0.605. The van der Waals surface area contributed by atoms with Crippen molar-refractivity contribution in [1.29, 1.82) is 0 Å². The van der Waals surface area contributed by atoms with Gasteiger partial charge in [0.2, 0.25) is 5.91 Å². The number of likely N-dealkylation sites (tertiary alicyclic amines) is 1. The molecule has 0 aromatic rings. The smallest absolute Gasteiger partial charge is 0.236 e. The van der Waals surface area contributed by atoms with Crippen LogP contribution in [0, 0.1) is 5.92 Å². The van der Waals surface area contributed by atoms with E-state index in [1.165, 1.54) is 0 Å². The summed E-state index contributed by atoms with van der Waals surface area (Å²) in [5.41, 5.74) is -0.0148. The quantitative estimate of drug-likeness (QED) is 0.744. The van der Waals surface area contributed by atoms with Gasteiger partial charge in [-0.15, -0.1) is 0 Å². The number of carbonyl (C=O) groups is 1. The molecule has 1 heterocycles. The maximum Gasteiger partial charge on any atom is 0.236 e. The Morgan fingerprint density at radius 3 is 2.38 bits per heavy atom. The number of carbonyl (C=O) groups excluding carboxylic acids is 1. The largest absolute Gasteiger partial charge is 0.396 e. The molecule has 0 bridgehead atoms. The number of rotatable bonds is 3. The van der Waals surface area contributed by atoms with Crippen LogP contribution < -0.4 is 5.32 Å². The molecule has 1 amide bonds. The van der Waals surface area contributed by atoms with E-state index in [2.05, 4.69) is 26.1 Å². The lowest BCUT2D eigenvalue weighted by Gasteiger charge is -2.32. The molecule has 1 saturated heterocycles. The predicted molar refractivity (Wildman–Crippen MR) is 64.1 cm³/mol. The molecule has 1 aliphatic rings. The first kappa shape index (κ1) is 13.5. The van der Waals surface area contributed by atoms with Crippen molar-refractivity contribution in [2.24, 2.45) is 5.92 Å². The van der Waals surface area contributed by atoms with Gasteiger partial charge in [-0.05, 0) is 39.5 Å². The minimum atomic E-state index is -0.0148. The van der Waals surface area contributed by atoms with Gasteiger partial charge in [0.15, 0.2) is 0 Å². The molecule has 0 spiro atoms. The topological polar surface area (TPSA) is 52.6 Å². The zero-order chi connectivity index (χ0) is 12.2. The molecule has 0 saturated carbocycles. The second-order valence-electron chi connectivity index (χ2n) is 5.61. The Kier molecular flexibility index (Phi) is 4.74. The highest BCUT2D eigenvalue weighted by molar-refractivity contribution is 5.78. The number of piperidine rings is 1. The summed E-state index contributed by atoms with van der Waals surface area (Å²) in [4.78, 5) is 13.7. The molecule has 4 heteroatoms. The molecular weight excluding hydrogens is 204 g/mol. The normalized spacial score (nSPS) is 18.9. The van der Waals surface area contributed by atoms with E-state index >= 15 is 0 Å². The zero-order valence-corrected chi connectivity index (χ0v) is 10.6. The van der Waals surface area contributed by atoms with E-state index in [-0.39, 0.29) is 18.1 Å². The van der Waals surface area contributed by atoms with Crippen LogP contribution in [0.5, 0.6) is 0 Å². The fourth-order valence-electron chi connectivity index (χ4n) is 1.82. The molecule has 0 aromatic carbocycles. The van der Waals surface area contributed by atoms with Crippen LogP contribution in [0.2, 0.25) is 0 Å². The van der Waals surface area contributed by atoms with Crippen molar-refractivity contribution >= 4 is 5.91 Å². The molecule has 1 aliphatic heterocycles.